The van der Waals surface area contributed by atoms with Crippen molar-refractivity contribution in [1.82, 2.24) is 4.90 Å². The standard InChI is InChI=1S/C19H18Cl2N2O/c20-17-7-4-8-18(21)16(17)9-10-19(24)23-12-11-15(13-23)22-14-5-2-1-3-6-14/h1-10,15,22H,11-13H2/b10-9+. The van der Waals surface area contributed by atoms with Gasteiger partial charge in [0.2, 0.25) is 5.91 Å². The van der Waals surface area contributed by atoms with Crippen molar-refractivity contribution in [3.63, 3.8) is 0 Å². The van der Waals surface area contributed by atoms with E-state index in [-0.39, 0.29) is 11.9 Å². The lowest BCUT2D eigenvalue weighted by molar-refractivity contribution is -0.124. The first-order valence-corrected chi connectivity index (χ1v) is 8.61. The molecule has 1 amide bonds. The van der Waals surface area contributed by atoms with Gasteiger partial charge in [-0.1, -0.05) is 47.5 Å². The number of anilines is 1. The van der Waals surface area contributed by atoms with Crippen molar-refractivity contribution < 1.29 is 4.79 Å². The van der Waals surface area contributed by atoms with E-state index in [4.69, 9.17) is 23.2 Å². The number of likely N-dealkylation sites (tertiary alicyclic amines) is 1. The van der Waals surface area contributed by atoms with E-state index in [2.05, 4.69) is 5.32 Å². The van der Waals surface area contributed by atoms with Crippen molar-refractivity contribution in [2.45, 2.75) is 12.5 Å². The molecule has 0 bridgehead atoms. The van der Waals surface area contributed by atoms with Gasteiger partial charge in [-0.25, -0.2) is 0 Å². The Labute approximate surface area is 151 Å². The Bertz CT molecular complexity index is 726. The number of benzene rings is 2. The van der Waals surface area contributed by atoms with Gasteiger partial charge in [-0.2, -0.15) is 0 Å². The molecule has 1 aliphatic rings. The van der Waals surface area contributed by atoms with Crippen molar-refractivity contribution in [2.24, 2.45) is 0 Å². The molecule has 0 radical (unpaired) electrons. The normalized spacial score (nSPS) is 17.4. The van der Waals surface area contributed by atoms with Gasteiger partial charge in [0.1, 0.15) is 0 Å². The topological polar surface area (TPSA) is 32.3 Å². The Balaban J connectivity index is 1.59. The minimum absolute atomic E-state index is 0.0247. The molecule has 0 aromatic heterocycles. The number of nitrogens with one attached hydrogen (secondary N) is 1. The summed E-state index contributed by atoms with van der Waals surface area (Å²) in [5.41, 5.74) is 1.75. The van der Waals surface area contributed by atoms with Gasteiger partial charge in [0.05, 0.1) is 0 Å². The molecule has 0 saturated carbocycles. The zero-order valence-electron chi connectivity index (χ0n) is 13.1. The number of carbonyl (C=O) groups is 1. The van der Waals surface area contributed by atoms with Crippen LogP contribution in [0.2, 0.25) is 10.0 Å². The molecule has 1 N–H and O–H groups in total. The molecule has 1 saturated heterocycles. The molecule has 3 nitrogen and oxygen atoms in total. The van der Waals surface area contributed by atoms with Crippen LogP contribution in [0.4, 0.5) is 5.69 Å². The van der Waals surface area contributed by atoms with Crippen LogP contribution in [0.5, 0.6) is 0 Å². The second kappa shape index (κ2) is 7.73. The molecule has 124 valence electrons. The van der Waals surface area contributed by atoms with Gasteiger partial charge in [-0.05, 0) is 36.8 Å². The highest BCUT2D eigenvalue weighted by Gasteiger charge is 2.24. The number of halogens is 2. The van der Waals surface area contributed by atoms with Crippen LogP contribution < -0.4 is 5.32 Å². The molecule has 3 rings (SSSR count). The smallest absolute Gasteiger partial charge is 0.246 e. The minimum Gasteiger partial charge on any atom is -0.380 e. The third kappa shape index (κ3) is 4.11. The molecule has 0 spiro atoms. The van der Waals surface area contributed by atoms with Crippen LogP contribution in [0.3, 0.4) is 0 Å². The SMILES string of the molecule is O=C(/C=C/c1c(Cl)cccc1Cl)N1CCC(Nc2ccccc2)C1. The zero-order chi connectivity index (χ0) is 16.9. The van der Waals surface area contributed by atoms with Gasteiger partial charge in [0, 0.05) is 46.5 Å². The summed E-state index contributed by atoms with van der Waals surface area (Å²) in [6.07, 6.45) is 4.16. The number of hydrogen-bond donors (Lipinski definition) is 1. The summed E-state index contributed by atoms with van der Waals surface area (Å²) in [5.74, 6) is -0.0247. The van der Waals surface area contributed by atoms with E-state index >= 15 is 0 Å². The lowest BCUT2D eigenvalue weighted by Crippen LogP contribution is -2.30. The van der Waals surface area contributed by atoms with Crippen molar-refractivity contribution in [3.05, 3.63) is 70.2 Å². The molecule has 5 heteroatoms. The highest BCUT2D eigenvalue weighted by Crippen LogP contribution is 2.25. The lowest BCUT2D eigenvalue weighted by Gasteiger charge is -2.16. The number of nitrogens with zero attached hydrogens (tertiary/aromatic N) is 1. The van der Waals surface area contributed by atoms with Gasteiger partial charge in [-0.15, -0.1) is 0 Å². The lowest BCUT2D eigenvalue weighted by atomic mass is 10.2. The molecular formula is C19H18Cl2N2O. The number of rotatable bonds is 4. The largest absolute Gasteiger partial charge is 0.380 e. The van der Waals surface area contributed by atoms with Crippen LogP contribution in [0.25, 0.3) is 6.08 Å². The van der Waals surface area contributed by atoms with Gasteiger partial charge >= 0.3 is 0 Å². The van der Waals surface area contributed by atoms with Gasteiger partial charge in [-0.3, -0.25) is 4.79 Å². The maximum atomic E-state index is 12.4. The van der Waals surface area contributed by atoms with E-state index in [9.17, 15) is 4.79 Å². The van der Waals surface area contributed by atoms with Crippen LogP contribution in [0.15, 0.2) is 54.6 Å². The number of carbonyl (C=O) groups excluding carboxylic acids is 1. The first kappa shape index (κ1) is 16.9. The molecular weight excluding hydrogens is 343 g/mol. The fourth-order valence-electron chi connectivity index (χ4n) is 2.78. The Morgan fingerprint density at radius 3 is 2.50 bits per heavy atom. The predicted octanol–water partition coefficient (Wildman–Crippen LogP) is 4.72. The fourth-order valence-corrected chi connectivity index (χ4v) is 3.30. The molecule has 0 aliphatic carbocycles. The van der Waals surface area contributed by atoms with Gasteiger partial charge in [0.15, 0.2) is 0 Å². The Kier molecular flexibility index (Phi) is 5.44. The quantitative estimate of drug-likeness (QED) is 0.800. The number of amides is 1. The molecule has 1 heterocycles. The maximum absolute atomic E-state index is 12.4. The predicted molar refractivity (Wildman–Crippen MR) is 101 cm³/mol. The Morgan fingerprint density at radius 2 is 1.79 bits per heavy atom. The van der Waals surface area contributed by atoms with Crippen molar-refractivity contribution in [2.75, 3.05) is 18.4 Å². The molecule has 2 aromatic rings. The summed E-state index contributed by atoms with van der Waals surface area (Å²) in [6.45, 7) is 1.43. The molecule has 1 atom stereocenters. The Morgan fingerprint density at radius 1 is 1.08 bits per heavy atom. The van der Waals surface area contributed by atoms with E-state index in [1.807, 2.05) is 35.2 Å². The Hall–Kier alpha value is -1.97. The molecule has 1 aliphatic heterocycles. The average Bonchev–Trinajstić information content (AvgIpc) is 3.04. The number of hydrogen-bond acceptors (Lipinski definition) is 2. The summed E-state index contributed by atoms with van der Waals surface area (Å²) < 4.78 is 0. The zero-order valence-corrected chi connectivity index (χ0v) is 14.6. The fraction of sp³-hybridized carbons (Fsp3) is 0.211. The highest BCUT2D eigenvalue weighted by molar-refractivity contribution is 6.37. The monoisotopic (exact) mass is 360 g/mol. The summed E-state index contributed by atoms with van der Waals surface area (Å²) in [6, 6.07) is 15.6. The van der Waals surface area contributed by atoms with E-state index in [0.29, 0.717) is 22.2 Å². The van der Waals surface area contributed by atoms with Crippen LogP contribution in [0, 0.1) is 0 Å². The average molecular weight is 361 g/mol. The summed E-state index contributed by atoms with van der Waals surface area (Å²) in [4.78, 5) is 14.2. The van der Waals surface area contributed by atoms with E-state index in [1.54, 1.807) is 24.3 Å². The molecule has 24 heavy (non-hydrogen) atoms. The third-order valence-corrected chi connectivity index (χ3v) is 4.70. The second-order valence-electron chi connectivity index (χ2n) is 5.75. The minimum atomic E-state index is -0.0247. The number of para-hydroxylation sites is 1. The summed E-state index contributed by atoms with van der Waals surface area (Å²) in [7, 11) is 0. The van der Waals surface area contributed by atoms with E-state index in [1.165, 1.54) is 6.08 Å². The van der Waals surface area contributed by atoms with Gasteiger partial charge in [0.25, 0.3) is 0 Å². The first-order valence-electron chi connectivity index (χ1n) is 7.86. The molecule has 1 unspecified atom stereocenters. The van der Waals surface area contributed by atoms with Crippen LogP contribution in [-0.2, 0) is 4.79 Å². The van der Waals surface area contributed by atoms with E-state index in [0.717, 1.165) is 18.7 Å². The van der Waals surface area contributed by atoms with Crippen molar-refractivity contribution >= 4 is 40.9 Å². The van der Waals surface area contributed by atoms with Gasteiger partial charge < -0.3 is 10.2 Å². The molecule has 2 aromatic carbocycles. The van der Waals surface area contributed by atoms with Crippen LogP contribution in [-0.4, -0.2) is 29.9 Å². The highest BCUT2D eigenvalue weighted by atomic mass is 35.5. The second-order valence-corrected chi connectivity index (χ2v) is 6.56. The molecule has 1 fully saturated rings. The van der Waals surface area contributed by atoms with Crippen LogP contribution >= 0.6 is 23.2 Å². The van der Waals surface area contributed by atoms with E-state index < -0.39 is 0 Å². The summed E-state index contributed by atoms with van der Waals surface area (Å²) in [5, 5.41) is 4.53. The van der Waals surface area contributed by atoms with Crippen molar-refractivity contribution in [1.29, 1.82) is 0 Å². The maximum Gasteiger partial charge on any atom is 0.246 e. The van der Waals surface area contributed by atoms with Crippen LogP contribution in [0.1, 0.15) is 12.0 Å². The van der Waals surface area contributed by atoms with Crippen molar-refractivity contribution in [3.8, 4) is 0 Å². The third-order valence-electron chi connectivity index (χ3n) is 4.04. The first-order chi connectivity index (χ1) is 11.6. The summed E-state index contributed by atoms with van der Waals surface area (Å²) >= 11 is 12.2.